The summed E-state index contributed by atoms with van der Waals surface area (Å²) in [4.78, 5) is 70.1. The fraction of sp³-hybridized carbons (Fsp3) is 0.343. The number of hydrogen-bond acceptors (Lipinski definition) is 8. The van der Waals surface area contributed by atoms with Crippen molar-refractivity contribution in [1.82, 2.24) is 20.4 Å². The molecule has 3 saturated heterocycles. The van der Waals surface area contributed by atoms with Gasteiger partial charge in [0.2, 0.25) is 5.91 Å². The van der Waals surface area contributed by atoms with Crippen LogP contribution < -0.4 is 10.6 Å². The fourth-order valence-corrected chi connectivity index (χ4v) is 7.74. The van der Waals surface area contributed by atoms with Crippen LogP contribution in [0.2, 0.25) is 0 Å². The fourth-order valence-electron chi connectivity index (χ4n) is 7.74. The van der Waals surface area contributed by atoms with Crippen molar-refractivity contribution in [3.63, 3.8) is 0 Å². The molecule has 0 unspecified atom stereocenters. The monoisotopic (exact) mass is 638 g/mol. The van der Waals surface area contributed by atoms with Gasteiger partial charge in [0, 0.05) is 31.8 Å². The molecule has 3 aliphatic heterocycles. The minimum atomic E-state index is -1.77. The Balaban J connectivity index is 1.15. The minimum absolute atomic E-state index is 0.00166. The smallest absolute Gasteiger partial charge is 0.408 e. The maximum Gasteiger partial charge on any atom is 0.408 e. The Morgan fingerprint density at radius 1 is 0.936 bits per heavy atom. The highest BCUT2D eigenvalue weighted by Crippen LogP contribution is 2.45. The van der Waals surface area contributed by atoms with Crippen LogP contribution in [0.5, 0.6) is 0 Å². The molecule has 7 rings (SSSR count). The average Bonchev–Trinajstić information content (AvgIpc) is 3.79. The van der Waals surface area contributed by atoms with Crippen molar-refractivity contribution in [2.45, 2.75) is 48.5 Å². The van der Waals surface area contributed by atoms with Gasteiger partial charge >= 0.3 is 18.0 Å². The van der Waals surface area contributed by atoms with Crippen LogP contribution in [-0.2, 0) is 35.2 Å². The van der Waals surface area contributed by atoms with Crippen LogP contribution in [0.1, 0.15) is 35.4 Å². The zero-order valence-electron chi connectivity index (χ0n) is 25.7. The molecule has 47 heavy (non-hydrogen) atoms. The van der Waals surface area contributed by atoms with E-state index >= 15 is 0 Å². The summed E-state index contributed by atoms with van der Waals surface area (Å²) in [5.74, 6) is -3.11. The summed E-state index contributed by atoms with van der Waals surface area (Å²) < 4.78 is 10.8. The Labute approximate surface area is 270 Å². The van der Waals surface area contributed by atoms with E-state index in [2.05, 4.69) is 10.6 Å². The third-order valence-corrected chi connectivity index (χ3v) is 10.0. The molecule has 4 aliphatic rings. The van der Waals surface area contributed by atoms with Gasteiger partial charge in [-0.1, -0.05) is 78.9 Å². The van der Waals surface area contributed by atoms with Crippen molar-refractivity contribution in [3.8, 4) is 11.1 Å². The maximum absolute atomic E-state index is 14.4. The number of hydrogen-bond donors (Lipinski definition) is 3. The minimum Gasteiger partial charge on any atom is -0.480 e. The van der Waals surface area contributed by atoms with Crippen LogP contribution in [0.25, 0.3) is 11.1 Å². The largest absolute Gasteiger partial charge is 0.480 e. The Morgan fingerprint density at radius 2 is 1.57 bits per heavy atom. The highest BCUT2D eigenvalue weighted by Gasteiger charge is 2.66. The summed E-state index contributed by atoms with van der Waals surface area (Å²) in [6.07, 6.45) is -1.26. The number of benzene rings is 3. The topological polar surface area (TPSA) is 155 Å². The molecule has 12 nitrogen and oxygen atoms in total. The van der Waals surface area contributed by atoms with E-state index in [9.17, 15) is 29.1 Å². The number of piperazine rings is 1. The number of fused-ring (bicyclic) bond motifs is 4. The lowest BCUT2D eigenvalue weighted by Gasteiger charge is -2.48. The number of alkyl carbamates (subject to hydrolysis) is 1. The number of amides is 3. The molecule has 3 amide bonds. The predicted molar refractivity (Wildman–Crippen MR) is 167 cm³/mol. The number of ether oxygens (including phenoxy) is 2. The van der Waals surface area contributed by atoms with E-state index in [0.717, 1.165) is 27.8 Å². The quantitative estimate of drug-likeness (QED) is 0.331. The average molecular weight is 639 g/mol. The first-order chi connectivity index (χ1) is 22.7. The number of carboxylic acids is 1. The number of nitrogens with zero attached hydrogens (tertiary/aromatic N) is 2. The predicted octanol–water partition coefficient (Wildman–Crippen LogP) is 2.27. The van der Waals surface area contributed by atoms with Crippen molar-refractivity contribution in [2.24, 2.45) is 0 Å². The van der Waals surface area contributed by atoms with Gasteiger partial charge in [0.1, 0.15) is 24.2 Å². The van der Waals surface area contributed by atoms with Crippen LogP contribution in [-0.4, -0.2) is 94.7 Å². The van der Waals surface area contributed by atoms with Gasteiger partial charge in [0.05, 0.1) is 13.7 Å². The zero-order chi connectivity index (χ0) is 32.9. The molecule has 3 aromatic carbocycles. The Morgan fingerprint density at radius 3 is 2.19 bits per heavy atom. The molecule has 3 aromatic rings. The summed E-state index contributed by atoms with van der Waals surface area (Å²) in [5.41, 5.74) is 1.66. The van der Waals surface area contributed by atoms with Crippen molar-refractivity contribution >= 4 is 29.8 Å². The van der Waals surface area contributed by atoms with E-state index in [0.29, 0.717) is 0 Å². The molecular formula is C35H34N4O8. The lowest BCUT2D eigenvalue weighted by molar-refractivity contribution is -0.168. The number of methoxy groups -OCH3 is 1. The van der Waals surface area contributed by atoms with Crippen molar-refractivity contribution in [1.29, 1.82) is 0 Å². The Bertz CT molecular complexity index is 1740. The number of rotatable bonds is 7. The molecule has 1 spiro atoms. The van der Waals surface area contributed by atoms with E-state index in [-0.39, 0.29) is 45.0 Å². The Hall–Kier alpha value is -5.23. The summed E-state index contributed by atoms with van der Waals surface area (Å²) in [5, 5.41) is 15.3. The lowest BCUT2D eigenvalue weighted by atomic mass is 9.86. The van der Waals surface area contributed by atoms with Gasteiger partial charge in [-0.2, -0.15) is 0 Å². The second-order valence-electron chi connectivity index (χ2n) is 12.6. The first-order valence-corrected chi connectivity index (χ1v) is 15.5. The Kier molecular flexibility index (Phi) is 7.47. The molecule has 3 fully saturated rings. The highest BCUT2D eigenvalue weighted by atomic mass is 16.6. The second kappa shape index (κ2) is 11.5. The van der Waals surface area contributed by atoms with Gasteiger partial charge in [-0.15, -0.1) is 0 Å². The molecule has 0 aromatic heterocycles. The maximum atomic E-state index is 14.4. The lowest BCUT2D eigenvalue weighted by Crippen LogP contribution is -2.70. The summed E-state index contributed by atoms with van der Waals surface area (Å²) >= 11 is 0. The molecule has 0 radical (unpaired) electrons. The zero-order valence-corrected chi connectivity index (χ0v) is 25.7. The van der Waals surface area contributed by atoms with E-state index in [1.165, 1.54) is 16.9 Å². The van der Waals surface area contributed by atoms with Crippen LogP contribution in [0, 0.1) is 0 Å². The number of esters is 1. The van der Waals surface area contributed by atoms with Gasteiger partial charge in [-0.25, -0.2) is 9.59 Å². The van der Waals surface area contributed by atoms with Crippen LogP contribution in [0.15, 0.2) is 78.9 Å². The SMILES string of the molecule is COC(=O)[C@]1(NC(=O)OCC2c3ccccc3-c3ccccc32)C[C@H]2C(=O)N(Cc3ccccc3)[C@@]3(CN[C@H](C(=O)O)C3)C(=O)N2C1. The number of carboxylic acid groups (broad SMARTS) is 1. The number of carbonyl (C=O) groups is 5. The molecular weight excluding hydrogens is 604 g/mol. The molecule has 12 heteroatoms. The van der Waals surface area contributed by atoms with Gasteiger partial charge in [0.25, 0.3) is 5.91 Å². The summed E-state index contributed by atoms with van der Waals surface area (Å²) in [7, 11) is 1.17. The third kappa shape index (κ3) is 4.91. The van der Waals surface area contributed by atoms with Crippen molar-refractivity contribution in [3.05, 3.63) is 95.6 Å². The molecule has 242 valence electrons. The van der Waals surface area contributed by atoms with Gasteiger partial charge < -0.3 is 35.0 Å². The molecule has 0 bridgehead atoms. The normalized spacial score (nSPS) is 26.1. The van der Waals surface area contributed by atoms with Gasteiger partial charge in [-0.05, 0) is 27.8 Å². The van der Waals surface area contributed by atoms with E-state index < -0.39 is 53.0 Å². The van der Waals surface area contributed by atoms with E-state index in [1.54, 1.807) is 0 Å². The number of carbonyl (C=O) groups excluding carboxylic acids is 4. The number of aliphatic carboxylic acids is 1. The summed E-state index contributed by atoms with van der Waals surface area (Å²) in [6, 6.07) is 22.8. The molecule has 3 heterocycles. The van der Waals surface area contributed by atoms with Crippen LogP contribution in [0.4, 0.5) is 4.79 Å². The van der Waals surface area contributed by atoms with Gasteiger partial charge in [-0.3, -0.25) is 14.4 Å². The van der Waals surface area contributed by atoms with Crippen LogP contribution in [0.3, 0.4) is 0 Å². The standard InChI is InChI=1S/C35H34N4O8/c1-46-32(44)34(37-33(45)47-18-26-24-13-7-5-11-22(24)23-12-6-8-14-25(23)26)16-28-29(40)39(17-21-9-3-2-4-10-21)35(31(43)38(28)20-34)15-27(30(41)42)36-19-35/h2-14,26-28,36H,15-20H2,1H3,(H,37,45)(H,41,42)/t27-,28-,34-,35-/m0/s1. The molecule has 4 atom stereocenters. The first-order valence-electron chi connectivity index (χ1n) is 15.5. The van der Waals surface area contributed by atoms with Gasteiger partial charge in [0.15, 0.2) is 5.54 Å². The third-order valence-electron chi connectivity index (χ3n) is 10.0. The first kappa shape index (κ1) is 30.4. The molecule has 3 N–H and O–H groups in total. The van der Waals surface area contributed by atoms with E-state index in [1.807, 2.05) is 78.9 Å². The number of nitrogens with one attached hydrogen (secondary N) is 2. The van der Waals surface area contributed by atoms with Crippen molar-refractivity contribution in [2.75, 3.05) is 26.8 Å². The van der Waals surface area contributed by atoms with Crippen molar-refractivity contribution < 1.29 is 38.6 Å². The highest BCUT2D eigenvalue weighted by molar-refractivity contribution is 6.03. The second-order valence-corrected chi connectivity index (χ2v) is 12.6. The summed E-state index contributed by atoms with van der Waals surface area (Å²) in [6.45, 7) is -0.347. The molecule has 0 saturated carbocycles. The van der Waals surface area contributed by atoms with Crippen LogP contribution >= 0.6 is 0 Å². The molecule has 1 aliphatic carbocycles. The van der Waals surface area contributed by atoms with E-state index in [4.69, 9.17) is 9.47 Å².